The SMILES string of the molecule is COc1cccc(CN(C(=O)COc2ccccc2C(C)C)[C@H](Cc2ccccc2)C(=O)NC(C)C)c1. The molecule has 37 heavy (non-hydrogen) atoms. The molecule has 6 heteroatoms. The number of rotatable bonds is 12. The summed E-state index contributed by atoms with van der Waals surface area (Å²) < 4.78 is 11.4. The number of methoxy groups -OCH3 is 1. The van der Waals surface area contributed by atoms with Gasteiger partial charge in [-0.25, -0.2) is 0 Å². The summed E-state index contributed by atoms with van der Waals surface area (Å²) in [6, 6.07) is 24.3. The molecule has 0 aromatic heterocycles. The topological polar surface area (TPSA) is 67.9 Å². The Kier molecular flexibility index (Phi) is 10.1. The van der Waals surface area contributed by atoms with Gasteiger partial charge in [0.2, 0.25) is 5.91 Å². The molecule has 3 aromatic rings. The van der Waals surface area contributed by atoms with Crippen molar-refractivity contribution < 1.29 is 19.1 Å². The molecule has 0 heterocycles. The summed E-state index contributed by atoms with van der Waals surface area (Å²) in [6.45, 7) is 8.08. The van der Waals surface area contributed by atoms with E-state index in [2.05, 4.69) is 19.2 Å². The van der Waals surface area contributed by atoms with Crippen LogP contribution in [0.5, 0.6) is 11.5 Å². The standard InChI is InChI=1S/C31H38N2O4/c1-22(2)27-16-9-10-17-29(27)37-21-30(34)33(20-25-14-11-15-26(18-25)36-5)28(31(35)32-23(3)4)19-24-12-7-6-8-13-24/h6-18,22-23,28H,19-21H2,1-5H3,(H,32,35)/t28-/m1/s1. The smallest absolute Gasteiger partial charge is 0.261 e. The molecule has 3 aromatic carbocycles. The summed E-state index contributed by atoms with van der Waals surface area (Å²) in [4.78, 5) is 28.9. The Hall–Kier alpha value is -3.80. The van der Waals surface area contributed by atoms with Crippen LogP contribution in [0.2, 0.25) is 0 Å². The normalized spacial score (nSPS) is 11.8. The third kappa shape index (κ3) is 8.10. The van der Waals surface area contributed by atoms with Crippen molar-refractivity contribution in [1.29, 1.82) is 0 Å². The third-order valence-electron chi connectivity index (χ3n) is 6.08. The van der Waals surface area contributed by atoms with Gasteiger partial charge in [0.1, 0.15) is 17.5 Å². The molecule has 0 saturated heterocycles. The zero-order valence-electron chi connectivity index (χ0n) is 22.4. The number of para-hydroxylation sites is 1. The zero-order chi connectivity index (χ0) is 26.8. The van der Waals surface area contributed by atoms with Crippen molar-refractivity contribution in [2.45, 2.75) is 58.7 Å². The van der Waals surface area contributed by atoms with E-state index in [4.69, 9.17) is 9.47 Å². The fourth-order valence-electron chi connectivity index (χ4n) is 4.21. The average Bonchev–Trinajstić information content (AvgIpc) is 2.89. The zero-order valence-corrected chi connectivity index (χ0v) is 22.4. The molecule has 0 unspecified atom stereocenters. The minimum absolute atomic E-state index is 0.0614. The fourth-order valence-corrected chi connectivity index (χ4v) is 4.21. The summed E-state index contributed by atoms with van der Waals surface area (Å²) in [7, 11) is 1.61. The lowest BCUT2D eigenvalue weighted by atomic mass is 10.0. The van der Waals surface area contributed by atoms with Crippen LogP contribution >= 0.6 is 0 Å². The first-order valence-electron chi connectivity index (χ1n) is 12.8. The van der Waals surface area contributed by atoms with E-state index in [9.17, 15) is 9.59 Å². The summed E-state index contributed by atoms with van der Waals surface area (Å²) in [5.74, 6) is 1.16. The molecule has 0 radical (unpaired) electrons. The van der Waals surface area contributed by atoms with Crippen molar-refractivity contribution in [3.05, 3.63) is 95.6 Å². The first kappa shape index (κ1) is 27.8. The monoisotopic (exact) mass is 502 g/mol. The van der Waals surface area contributed by atoms with Crippen molar-refractivity contribution in [1.82, 2.24) is 10.2 Å². The third-order valence-corrected chi connectivity index (χ3v) is 6.08. The maximum Gasteiger partial charge on any atom is 0.261 e. The summed E-state index contributed by atoms with van der Waals surface area (Å²) in [6.07, 6.45) is 0.387. The number of carbonyl (C=O) groups is 2. The highest BCUT2D eigenvalue weighted by molar-refractivity contribution is 5.88. The van der Waals surface area contributed by atoms with Gasteiger partial charge in [0, 0.05) is 19.0 Å². The van der Waals surface area contributed by atoms with E-state index in [0.717, 1.165) is 16.7 Å². The highest BCUT2D eigenvalue weighted by Crippen LogP contribution is 2.26. The minimum Gasteiger partial charge on any atom is -0.497 e. The minimum atomic E-state index is -0.715. The van der Waals surface area contributed by atoms with Crippen LogP contribution in [-0.2, 0) is 22.6 Å². The van der Waals surface area contributed by atoms with Gasteiger partial charge in [-0.15, -0.1) is 0 Å². The lowest BCUT2D eigenvalue weighted by molar-refractivity contribution is -0.143. The molecule has 0 aliphatic heterocycles. The van der Waals surface area contributed by atoms with Gasteiger partial charge in [0.15, 0.2) is 6.61 Å². The van der Waals surface area contributed by atoms with E-state index < -0.39 is 6.04 Å². The first-order valence-corrected chi connectivity index (χ1v) is 12.8. The molecule has 0 spiro atoms. The number of amides is 2. The van der Waals surface area contributed by atoms with Gasteiger partial charge in [0.25, 0.3) is 5.91 Å². The highest BCUT2D eigenvalue weighted by atomic mass is 16.5. The Morgan fingerprint density at radius 1 is 0.865 bits per heavy atom. The molecule has 0 fully saturated rings. The lowest BCUT2D eigenvalue weighted by Crippen LogP contribution is -2.52. The molecular weight excluding hydrogens is 464 g/mol. The largest absolute Gasteiger partial charge is 0.497 e. The maximum atomic E-state index is 13.8. The van der Waals surface area contributed by atoms with Crippen LogP contribution in [0.25, 0.3) is 0 Å². The van der Waals surface area contributed by atoms with Crippen molar-refractivity contribution in [3.8, 4) is 11.5 Å². The molecule has 0 saturated carbocycles. The van der Waals surface area contributed by atoms with Crippen LogP contribution in [0, 0.1) is 0 Å². The quantitative estimate of drug-likeness (QED) is 0.362. The number of carbonyl (C=O) groups excluding carboxylic acids is 2. The molecule has 2 amide bonds. The molecule has 6 nitrogen and oxygen atoms in total. The maximum absolute atomic E-state index is 13.8. The fraction of sp³-hybridized carbons (Fsp3) is 0.355. The van der Waals surface area contributed by atoms with Gasteiger partial charge >= 0.3 is 0 Å². The number of benzene rings is 3. The Labute approximate surface area is 220 Å². The average molecular weight is 503 g/mol. The van der Waals surface area contributed by atoms with Gasteiger partial charge < -0.3 is 19.7 Å². The van der Waals surface area contributed by atoms with Crippen molar-refractivity contribution in [3.63, 3.8) is 0 Å². The van der Waals surface area contributed by atoms with Crippen LogP contribution in [-0.4, -0.2) is 42.5 Å². The van der Waals surface area contributed by atoms with Crippen LogP contribution in [0.4, 0.5) is 0 Å². The second-order valence-electron chi connectivity index (χ2n) is 9.72. The Balaban J connectivity index is 1.94. The second-order valence-corrected chi connectivity index (χ2v) is 9.72. The molecule has 0 aliphatic carbocycles. The Morgan fingerprint density at radius 3 is 2.22 bits per heavy atom. The first-order chi connectivity index (χ1) is 17.8. The van der Waals surface area contributed by atoms with Crippen molar-refractivity contribution in [2.24, 2.45) is 0 Å². The van der Waals surface area contributed by atoms with Crippen molar-refractivity contribution >= 4 is 11.8 Å². The molecule has 1 N–H and O–H groups in total. The van der Waals surface area contributed by atoms with Crippen LogP contribution < -0.4 is 14.8 Å². The molecule has 1 atom stereocenters. The predicted octanol–water partition coefficient (Wildman–Crippen LogP) is 5.36. The molecule has 0 aliphatic rings. The van der Waals surface area contributed by atoms with Gasteiger partial charge in [-0.05, 0) is 54.7 Å². The number of ether oxygens (including phenoxy) is 2. The summed E-state index contributed by atoms with van der Waals surface area (Å²) in [5, 5.41) is 3.01. The molecule has 3 rings (SSSR count). The number of hydrogen-bond donors (Lipinski definition) is 1. The van der Waals surface area contributed by atoms with Gasteiger partial charge in [0.05, 0.1) is 7.11 Å². The van der Waals surface area contributed by atoms with E-state index in [0.29, 0.717) is 17.9 Å². The van der Waals surface area contributed by atoms with Crippen LogP contribution in [0.15, 0.2) is 78.9 Å². The number of nitrogens with zero attached hydrogens (tertiary/aromatic N) is 1. The summed E-state index contributed by atoms with van der Waals surface area (Å²) >= 11 is 0. The van der Waals surface area contributed by atoms with Crippen molar-refractivity contribution in [2.75, 3.05) is 13.7 Å². The molecule has 196 valence electrons. The lowest BCUT2D eigenvalue weighted by Gasteiger charge is -2.32. The van der Waals surface area contributed by atoms with E-state index in [1.807, 2.05) is 92.7 Å². The summed E-state index contributed by atoms with van der Waals surface area (Å²) in [5.41, 5.74) is 2.87. The Morgan fingerprint density at radius 2 is 1.54 bits per heavy atom. The van der Waals surface area contributed by atoms with Gasteiger partial charge in [-0.2, -0.15) is 0 Å². The van der Waals surface area contributed by atoms with E-state index in [-0.39, 0.29) is 36.9 Å². The van der Waals surface area contributed by atoms with Gasteiger partial charge in [-0.3, -0.25) is 9.59 Å². The van der Waals surface area contributed by atoms with Crippen LogP contribution in [0.1, 0.15) is 50.3 Å². The van der Waals surface area contributed by atoms with Gasteiger partial charge in [-0.1, -0.05) is 74.5 Å². The molecule has 0 bridgehead atoms. The van der Waals surface area contributed by atoms with E-state index >= 15 is 0 Å². The highest BCUT2D eigenvalue weighted by Gasteiger charge is 2.31. The van der Waals surface area contributed by atoms with Crippen LogP contribution in [0.3, 0.4) is 0 Å². The molecular formula is C31H38N2O4. The Bertz CT molecular complexity index is 1160. The van der Waals surface area contributed by atoms with E-state index in [1.54, 1.807) is 12.0 Å². The number of hydrogen-bond acceptors (Lipinski definition) is 4. The number of nitrogens with one attached hydrogen (secondary N) is 1. The van der Waals surface area contributed by atoms with E-state index in [1.165, 1.54) is 0 Å². The predicted molar refractivity (Wildman–Crippen MR) is 147 cm³/mol. The second kappa shape index (κ2) is 13.5.